The fourth-order valence-electron chi connectivity index (χ4n) is 2.42. The molecule has 136 valence electrons. The second-order valence-electron chi connectivity index (χ2n) is 6.74. The molecule has 0 unspecified atom stereocenters. The van der Waals surface area contributed by atoms with Crippen LogP contribution in [0.2, 0.25) is 0 Å². The summed E-state index contributed by atoms with van der Waals surface area (Å²) in [5.41, 5.74) is 7.90. The quantitative estimate of drug-likeness (QED) is 0.314. The molecule has 0 aromatic rings. The maximum Gasteiger partial charge on any atom is 0.323 e. The number of azide groups is 1. The van der Waals surface area contributed by atoms with Crippen LogP contribution in [0, 0.1) is 0 Å². The van der Waals surface area contributed by atoms with Gasteiger partial charge < -0.3 is 14.2 Å². The van der Waals surface area contributed by atoms with E-state index >= 15 is 0 Å². The Balaban J connectivity index is 2.80. The molecule has 1 aliphatic rings. The van der Waals surface area contributed by atoms with Gasteiger partial charge >= 0.3 is 11.9 Å². The van der Waals surface area contributed by atoms with Gasteiger partial charge in [0.05, 0.1) is 32.3 Å². The summed E-state index contributed by atoms with van der Waals surface area (Å²) in [5.74, 6) is -0.738. The first-order chi connectivity index (χ1) is 11.2. The van der Waals surface area contributed by atoms with Crippen LogP contribution < -0.4 is 0 Å². The maximum absolute atomic E-state index is 12.3. The number of ether oxygens (including phenoxy) is 3. The lowest BCUT2D eigenvalue weighted by molar-refractivity contribution is -0.167. The van der Waals surface area contributed by atoms with Crippen LogP contribution in [0.1, 0.15) is 34.1 Å². The van der Waals surface area contributed by atoms with Crippen LogP contribution >= 0.6 is 0 Å². The van der Waals surface area contributed by atoms with E-state index in [1.54, 1.807) is 27.7 Å². The Morgan fingerprint density at radius 1 is 1.38 bits per heavy atom. The molecule has 0 amide bonds. The van der Waals surface area contributed by atoms with Crippen LogP contribution in [0.25, 0.3) is 10.4 Å². The number of hydrogen-bond donors (Lipinski definition) is 0. The monoisotopic (exact) mass is 342 g/mol. The molecule has 9 nitrogen and oxygen atoms in total. The van der Waals surface area contributed by atoms with Gasteiger partial charge in [-0.05, 0) is 33.2 Å². The average Bonchev–Trinajstić information content (AvgIpc) is 2.50. The minimum atomic E-state index is -0.576. The van der Waals surface area contributed by atoms with Crippen molar-refractivity contribution in [1.82, 2.24) is 4.90 Å². The lowest BCUT2D eigenvalue weighted by atomic mass is 10.1. The minimum Gasteiger partial charge on any atom is -0.469 e. The molecule has 0 aromatic heterocycles. The molecule has 1 fully saturated rings. The second kappa shape index (κ2) is 8.86. The molecule has 0 aromatic carbocycles. The molecule has 1 heterocycles. The normalized spacial score (nSPS) is 23.0. The van der Waals surface area contributed by atoms with Crippen molar-refractivity contribution in [2.45, 2.75) is 58.0 Å². The predicted octanol–water partition coefficient (Wildman–Crippen LogP) is 1.66. The molecule has 0 radical (unpaired) electrons. The van der Waals surface area contributed by atoms with Crippen molar-refractivity contribution in [3.8, 4) is 0 Å². The minimum absolute atomic E-state index is 0.0702. The lowest BCUT2D eigenvalue weighted by Crippen LogP contribution is -2.55. The van der Waals surface area contributed by atoms with Gasteiger partial charge in [-0.2, -0.15) is 0 Å². The summed E-state index contributed by atoms with van der Waals surface area (Å²) < 4.78 is 15.8. The Bertz CT molecular complexity index is 499. The van der Waals surface area contributed by atoms with Crippen LogP contribution in [0.4, 0.5) is 0 Å². The molecule has 0 bridgehead atoms. The molecule has 9 heteroatoms. The van der Waals surface area contributed by atoms with Crippen LogP contribution in [0.15, 0.2) is 5.11 Å². The van der Waals surface area contributed by atoms with E-state index in [1.165, 1.54) is 7.11 Å². The van der Waals surface area contributed by atoms with Gasteiger partial charge in [0.2, 0.25) is 0 Å². The van der Waals surface area contributed by atoms with E-state index in [2.05, 4.69) is 14.8 Å². The molecule has 0 N–H and O–H groups in total. The summed E-state index contributed by atoms with van der Waals surface area (Å²) >= 11 is 0. The van der Waals surface area contributed by atoms with Gasteiger partial charge in [-0.15, -0.1) is 0 Å². The molecule has 24 heavy (non-hydrogen) atoms. The number of esters is 2. The Hall–Kier alpha value is -1.83. The third-order valence-corrected chi connectivity index (χ3v) is 3.53. The Morgan fingerprint density at radius 2 is 2.00 bits per heavy atom. The summed E-state index contributed by atoms with van der Waals surface area (Å²) in [7, 11) is 1.31. The predicted molar refractivity (Wildman–Crippen MR) is 86.2 cm³/mol. The Labute approximate surface area is 141 Å². The number of methoxy groups -OCH3 is 1. The molecule has 1 saturated heterocycles. The van der Waals surface area contributed by atoms with E-state index in [-0.39, 0.29) is 18.9 Å². The highest BCUT2D eigenvalue weighted by Gasteiger charge is 2.35. The van der Waals surface area contributed by atoms with Crippen LogP contribution in [0.5, 0.6) is 0 Å². The van der Waals surface area contributed by atoms with E-state index in [1.807, 2.05) is 4.90 Å². The van der Waals surface area contributed by atoms with E-state index in [0.717, 1.165) is 0 Å². The van der Waals surface area contributed by atoms with Crippen molar-refractivity contribution in [2.24, 2.45) is 5.11 Å². The maximum atomic E-state index is 12.3. The summed E-state index contributed by atoms with van der Waals surface area (Å²) in [5, 5.41) is 3.52. The van der Waals surface area contributed by atoms with Crippen molar-refractivity contribution < 1.29 is 23.8 Å². The van der Waals surface area contributed by atoms with Crippen molar-refractivity contribution >= 4 is 11.9 Å². The number of nitrogens with zero attached hydrogens (tertiary/aromatic N) is 4. The van der Waals surface area contributed by atoms with Crippen LogP contribution in [-0.4, -0.2) is 67.4 Å². The van der Waals surface area contributed by atoms with E-state index in [9.17, 15) is 9.59 Å². The zero-order valence-corrected chi connectivity index (χ0v) is 14.9. The van der Waals surface area contributed by atoms with Gasteiger partial charge in [0, 0.05) is 18.0 Å². The zero-order chi connectivity index (χ0) is 18.3. The molecule has 1 aliphatic heterocycles. The van der Waals surface area contributed by atoms with Crippen LogP contribution in [0.3, 0.4) is 0 Å². The SMILES string of the molecule is COC(=O)C[C@H]1CN([C@@H](C)C(=O)OC(C)(C)C)C[C@@H](CN=[N+]=[N-])O1. The third-order valence-electron chi connectivity index (χ3n) is 3.53. The molecular formula is C15H26N4O5. The van der Waals surface area contributed by atoms with Gasteiger partial charge in [0.15, 0.2) is 0 Å². The van der Waals surface area contributed by atoms with E-state index in [0.29, 0.717) is 13.1 Å². The van der Waals surface area contributed by atoms with Crippen molar-refractivity contribution in [3.63, 3.8) is 0 Å². The van der Waals surface area contributed by atoms with Crippen molar-refractivity contribution in [1.29, 1.82) is 0 Å². The van der Waals surface area contributed by atoms with Crippen molar-refractivity contribution in [3.05, 3.63) is 10.4 Å². The summed E-state index contributed by atoms with van der Waals surface area (Å²) in [6.07, 6.45) is -0.759. The molecular weight excluding hydrogens is 316 g/mol. The van der Waals surface area contributed by atoms with Gasteiger partial charge in [-0.1, -0.05) is 5.11 Å². The van der Waals surface area contributed by atoms with E-state index in [4.69, 9.17) is 15.0 Å². The Kier molecular flexibility index (Phi) is 7.47. The smallest absolute Gasteiger partial charge is 0.323 e. The largest absolute Gasteiger partial charge is 0.469 e. The first-order valence-corrected chi connectivity index (χ1v) is 7.86. The molecule has 0 spiro atoms. The molecule has 0 aliphatic carbocycles. The molecule has 1 rings (SSSR count). The highest BCUT2D eigenvalue weighted by molar-refractivity contribution is 5.75. The number of morpholine rings is 1. The lowest BCUT2D eigenvalue weighted by Gasteiger charge is -2.40. The van der Waals surface area contributed by atoms with Gasteiger partial charge in [0.25, 0.3) is 0 Å². The number of rotatable bonds is 6. The zero-order valence-electron chi connectivity index (χ0n) is 14.9. The fraction of sp³-hybridized carbons (Fsp3) is 0.867. The van der Waals surface area contributed by atoms with Gasteiger partial charge in [0.1, 0.15) is 11.6 Å². The third kappa shape index (κ3) is 6.74. The highest BCUT2D eigenvalue weighted by atomic mass is 16.6. The fourth-order valence-corrected chi connectivity index (χ4v) is 2.42. The topological polar surface area (TPSA) is 114 Å². The Morgan fingerprint density at radius 3 is 2.54 bits per heavy atom. The van der Waals surface area contributed by atoms with Gasteiger partial charge in [-0.3, -0.25) is 14.5 Å². The van der Waals surface area contributed by atoms with Crippen molar-refractivity contribution in [2.75, 3.05) is 26.7 Å². The average molecular weight is 342 g/mol. The summed E-state index contributed by atoms with van der Waals surface area (Å²) in [6, 6.07) is -0.498. The molecule has 3 atom stereocenters. The van der Waals surface area contributed by atoms with Gasteiger partial charge in [-0.25, -0.2) is 0 Å². The number of hydrogen-bond acceptors (Lipinski definition) is 7. The number of carbonyl (C=O) groups is 2. The second-order valence-corrected chi connectivity index (χ2v) is 6.74. The standard InChI is InChI=1S/C15H26N4O5/c1-10(14(21)24-15(2,3)4)19-8-11(6-13(20)22-5)23-12(9-19)7-17-18-16/h10-12H,6-9H2,1-5H3/t10-,11-,12+/m0/s1. The summed E-state index contributed by atoms with van der Waals surface area (Å²) in [6.45, 7) is 8.11. The first kappa shape index (κ1) is 20.2. The molecule has 0 saturated carbocycles. The van der Waals surface area contributed by atoms with E-state index < -0.39 is 29.8 Å². The first-order valence-electron chi connectivity index (χ1n) is 7.86. The number of carbonyl (C=O) groups excluding carboxylic acids is 2. The highest BCUT2D eigenvalue weighted by Crippen LogP contribution is 2.19. The summed E-state index contributed by atoms with van der Waals surface area (Å²) in [4.78, 5) is 28.4. The van der Waals surface area contributed by atoms with Crippen LogP contribution in [-0.2, 0) is 23.8 Å².